The number of rotatable bonds is 7. The number of nitrogens with zero attached hydrogens (tertiary/aromatic N) is 2. The molecule has 2 N–H and O–H groups in total. The lowest BCUT2D eigenvalue weighted by molar-refractivity contribution is -0.140. The van der Waals surface area contributed by atoms with E-state index in [9.17, 15) is 9.59 Å². The molecular formula is C14H21N3O4. The van der Waals surface area contributed by atoms with E-state index in [4.69, 9.17) is 9.84 Å². The van der Waals surface area contributed by atoms with Gasteiger partial charge in [0.05, 0.1) is 30.7 Å². The van der Waals surface area contributed by atoms with Gasteiger partial charge >= 0.3 is 5.97 Å². The van der Waals surface area contributed by atoms with Gasteiger partial charge in [0.25, 0.3) is 0 Å². The van der Waals surface area contributed by atoms with Gasteiger partial charge in [0.15, 0.2) is 0 Å². The summed E-state index contributed by atoms with van der Waals surface area (Å²) >= 11 is 0. The maximum absolute atomic E-state index is 11.9. The number of methoxy groups -OCH3 is 1. The Morgan fingerprint density at radius 2 is 2.14 bits per heavy atom. The smallest absolute Gasteiger partial charge is 0.307 e. The number of hydrogen-bond donors (Lipinski definition) is 2. The van der Waals surface area contributed by atoms with Gasteiger partial charge < -0.3 is 15.2 Å². The normalized spacial score (nSPS) is 20.3. The Balaban J connectivity index is 1.93. The summed E-state index contributed by atoms with van der Waals surface area (Å²) in [5.74, 6) is -1.98. The molecule has 1 aromatic heterocycles. The highest BCUT2D eigenvalue weighted by Gasteiger charge is 2.48. The van der Waals surface area contributed by atoms with Crippen molar-refractivity contribution in [3.63, 3.8) is 0 Å². The summed E-state index contributed by atoms with van der Waals surface area (Å²) in [5.41, 5.74) is 2.84. The minimum absolute atomic E-state index is 0.189. The monoisotopic (exact) mass is 295 g/mol. The van der Waals surface area contributed by atoms with Gasteiger partial charge in [0.1, 0.15) is 0 Å². The summed E-state index contributed by atoms with van der Waals surface area (Å²) in [6.07, 6.45) is 0.437. The van der Waals surface area contributed by atoms with Crippen LogP contribution >= 0.6 is 0 Å². The van der Waals surface area contributed by atoms with Crippen molar-refractivity contribution in [3.8, 4) is 0 Å². The van der Waals surface area contributed by atoms with Crippen LogP contribution in [0.5, 0.6) is 0 Å². The molecule has 1 aliphatic rings. The number of carbonyl (C=O) groups excluding carboxylic acids is 1. The van der Waals surface area contributed by atoms with E-state index in [1.165, 1.54) is 0 Å². The van der Waals surface area contributed by atoms with Crippen molar-refractivity contribution in [1.82, 2.24) is 15.1 Å². The fourth-order valence-corrected chi connectivity index (χ4v) is 2.45. The minimum atomic E-state index is -0.894. The summed E-state index contributed by atoms with van der Waals surface area (Å²) in [4.78, 5) is 22.6. The number of carboxylic acid groups (broad SMARTS) is 1. The molecule has 0 radical (unpaired) electrons. The second kappa shape index (κ2) is 6.26. The van der Waals surface area contributed by atoms with E-state index < -0.39 is 11.9 Å². The second-order valence-corrected chi connectivity index (χ2v) is 5.37. The largest absolute Gasteiger partial charge is 0.481 e. The zero-order valence-corrected chi connectivity index (χ0v) is 12.5. The molecule has 1 amide bonds. The molecule has 1 heterocycles. The van der Waals surface area contributed by atoms with Gasteiger partial charge in [0.2, 0.25) is 5.91 Å². The number of aromatic nitrogens is 2. The first-order valence-corrected chi connectivity index (χ1v) is 6.98. The average Bonchev–Trinajstić information content (AvgIpc) is 3.19. The summed E-state index contributed by atoms with van der Waals surface area (Å²) in [7, 11) is 1.64. The molecular weight excluding hydrogens is 274 g/mol. The topological polar surface area (TPSA) is 93.5 Å². The van der Waals surface area contributed by atoms with Crippen LogP contribution in [0.2, 0.25) is 0 Å². The third-order valence-electron chi connectivity index (χ3n) is 3.92. The van der Waals surface area contributed by atoms with Crippen molar-refractivity contribution in [3.05, 3.63) is 17.0 Å². The minimum Gasteiger partial charge on any atom is -0.481 e. The molecule has 7 nitrogen and oxygen atoms in total. The third kappa shape index (κ3) is 3.41. The van der Waals surface area contributed by atoms with Crippen LogP contribution in [0.1, 0.15) is 23.4 Å². The van der Waals surface area contributed by atoms with Gasteiger partial charge in [-0.2, -0.15) is 5.10 Å². The highest BCUT2D eigenvalue weighted by atomic mass is 16.5. The Hall–Kier alpha value is -1.89. The van der Waals surface area contributed by atoms with E-state index in [1.54, 1.807) is 7.11 Å². The average molecular weight is 295 g/mol. The van der Waals surface area contributed by atoms with E-state index in [0.29, 0.717) is 26.1 Å². The van der Waals surface area contributed by atoms with Crippen LogP contribution in [0.4, 0.5) is 0 Å². The van der Waals surface area contributed by atoms with Crippen LogP contribution in [0.25, 0.3) is 0 Å². The van der Waals surface area contributed by atoms with E-state index >= 15 is 0 Å². The molecule has 1 fully saturated rings. The van der Waals surface area contributed by atoms with Crippen LogP contribution in [-0.2, 0) is 27.4 Å². The van der Waals surface area contributed by atoms with Crippen molar-refractivity contribution < 1.29 is 19.4 Å². The lowest BCUT2D eigenvalue weighted by Crippen LogP contribution is -2.26. The van der Waals surface area contributed by atoms with Crippen LogP contribution in [-0.4, -0.2) is 40.5 Å². The maximum Gasteiger partial charge on any atom is 0.307 e. The SMILES string of the molecule is COCCn1nc(C)c(CNC(=O)[C@H]2C[C@@H]2C(=O)O)c1C. The molecule has 0 unspecified atom stereocenters. The first kappa shape index (κ1) is 15.5. The molecule has 0 aliphatic heterocycles. The number of hydrogen-bond acceptors (Lipinski definition) is 4. The molecule has 0 saturated heterocycles. The summed E-state index contributed by atoms with van der Waals surface area (Å²) < 4.78 is 6.89. The van der Waals surface area contributed by atoms with E-state index in [2.05, 4.69) is 10.4 Å². The van der Waals surface area contributed by atoms with Gasteiger partial charge in [0, 0.05) is 24.9 Å². The number of ether oxygens (including phenoxy) is 1. The second-order valence-electron chi connectivity index (χ2n) is 5.37. The Morgan fingerprint density at radius 3 is 2.71 bits per heavy atom. The zero-order chi connectivity index (χ0) is 15.6. The highest BCUT2D eigenvalue weighted by molar-refractivity contribution is 5.89. The van der Waals surface area contributed by atoms with Crippen LogP contribution in [0, 0.1) is 25.7 Å². The zero-order valence-electron chi connectivity index (χ0n) is 12.5. The number of carbonyl (C=O) groups is 2. The van der Waals surface area contributed by atoms with Crippen molar-refractivity contribution >= 4 is 11.9 Å². The van der Waals surface area contributed by atoms with Crippen molar-refractivity contribution in [1.29, 1.82) is 0 Å². The number of aryl methyl sites for hydroxylation is 1. The summed E-state index contributed by atoms with van der Waals surface area (Å²) in [5, 5.41) is 16.1. The molecule has 116 valence electrons. The Labute approximate surface area is 123 Å². The standard InChI is InChI=1S/C14H21N3O4/c1-8-12(9(2)17(16-8)4-5-21-3)7-15-13(18)10-6-11(10)14(19)20/h10-11H,4-7H2,1-3H3,(H,15,18)(H,19,20)/t10-,11-/m0/s1. The van der Waals surface area contributed by atoms with Gasteiger partial charge in [-0.15, -0.1) is 0 Å². The maximum atomic E-state index is 11.9. The van der Waals surface area contributed by atoms with Crippen LogP contribution < -0.4 is 5.32 Å². The number of amides is 1. The van der Waals surface area contributed by atoms with Crippen LogP contribution in [0.15, 0.2) is 0 Å². The number of aliphatic carboxylic acids is 1. The Kier molecular flexibility index (Phi) is 4.62. The van der Waals surface area contributed by atoms with Crippen LogP contribution in [0.3, 0.4) is 0 Å². The molecule has 0 bridgehead atoms. The summed E-state index contributed by atoms with van der Waals surface area (Å²) in [6.45, 7) is 5.48. The fraction of sp³-hybridized carbons (Fsp3) is 0.643. The van der Waals surface area contributed by atoms with E-state index in [0.717, 1.165) is 17.0 Å². The van der Waals surface area contributed by atoms with E-state index in [-0.39, 0.29) is 11.8 Å². The predicted molar refractivity (Wildman–Crippen MR) is 74.7 cm³/mol. The highest BCUT2D eigenvalue weighted by Crippen LogP contribution is 2.38. The quantitative estimate of drug-likeness (QED) is 0.763. The molecule has 0 aromatic carbocycles. The third-order valence-corrected chi connectivity index (χ3v) is 3.92. The molecule has 0 spiro atoms. The number of nitrogens with one attached hydrogen (secondary N) is 1. The van der Waals surface area contributed by atoms with Crippen molar-refractivity contribution in [2.24, 2.45) is 11.8 Å². The van der Waals surface area contributed by atoms with Gasteiger partial charge in [-0.25, -0.2) is 0 Å². The molecule has 1 aliphatic carbocycles. The molecule has 7 heteroatoms. The Morgan fingerprint density at radius 1 is 1.43 bits per heavy atom. The lowest BCUT2D eigenvalue weighted by atomic mass is 10.2. The predicted octanol–water partition coefficient (Wildman–Crippen LogP) is 0.483. The molecule has 1 saturated carbocycles. The summed E-state index contributed by atoms with van der Waals surface area (Å²) in [6, 6.07) is 0. The fourth-order valence-electron chi connectivity index (χ4n) is 2.45. The first-order valence-electron chi connectivity index (χ1n) is 6.98. The van der Waals surface area contributed by atoms with Crippen molar-refractivity contribution in [2.75, 3.05) is 13.7 Å². The molecule has 2 atom stereocenters. The van der Waals surface area contributed by atoms with Crippen molar-refractivity contribution in [2.45, 2.75) is 33.4 Å². The number of carboxylic acids is 1. The first-order chi connectivity index (χ1) is 9.95. The lowest BCUT2D eigenvalue weighted by Gasteiger charge is -2.06. The van der Waals surface area contributed by atoms with Gasteiger partial charge in [-0.05, 0) is 20.3 Å². The Bertz CT molecular complexity index is 553. The van der Waals surface area contributed by atoms with Gasteiger partial charge in [-0.1, -0.05) is 0 Å². The van der Waals surface area contributed by atoms with E-state index in [1.807, 2.05) is 18.5 Å². The van der Waals surface area contributed by atoms with Gasteiger partial charge in [-0.3, -0.25) is 14.3 Å². The molecule has 1 aromatic rings. The molecule has 21 heavy (non-hydrogen) atoms. The molecule has 2 rings (SSSR count).